The molecule has 8 heteroatoms. The summed E-state index contributed by atoms with van der Waals surface area (Å²) in [5.74, 6) is -0.676. The number of hydrogen-bond donors (Lipinski definition) is 1. The average Bonchev–Trinajstić information content (AvgIpc) is 3.27. The Morgan fingerprint density at radius 3 is 2.75 bits per heavy atom. The number of carbonyl (C=O) groups excluding carboxylic acids is 1. The van der Waals surface area contributed by atoms with Gasteiger partial charge >= 0.3 is 0 Å². The lowest BCUT2D eigenvalue weighted by atomic mass is 9.77. The standard InChI is InChI=1S/C20H16F2N4O2/c1-10-23-20-24-15-7-11(17-3-2-4-28-17)8-16(27)18(15)19(26(20)25-10)12-5-13(21)9-14(22)6-12/h2-7,9,11,18-19H,8H2,1H3,(H,23,24,25)/t11-,18+,19+/m1/s1. The molecule has 1 aromatic carbocycles. The van der Waals surface area contributed by atoms with Gasteiger partial charge in [0.1, 0.15) is 29.0 Å². The van der Waals surface area contributed by atoms with Crippen molar-refractivity contribution in [1.29, 1.82) is 0 Å². The van der Waals surface area contributed by atoms with Crippen molar-refractivity contribution in [2.45, 2.75) is 25.3 Å². The summed E-state index contributed by atoms with van der Waals surface area (Å²) in [6.07, 6.45) is 3.73. The van der Waals surface area contributed by atoms with Crippen LogP contribution in [0.15, 0.2) is 52.8 Å². The number of allylic oxidation sites excluding steroid dienone is 2. The maximum Gasteiger partial charge on any atom is 0.226 e. The number of Topliss-reactive ketones (excluding diaryl/α,β-unsaturated/α-hetero) is 1. The molecular formula is C20H16F2N4O2. The van der Waals surface area contributed by atoms with Crippen LogP contribution in [0, 0.1) is 24.5 Å². The fourth-order valence-electron chi connectivity index (χ4n) is 4.11. The van der Waals surface area contributed by atoms with Gasteiger partial charge in [-0.1, -0.05) is 6.08 Å². The fourth-order valence-corrected chi connectivity index (χ4v) is 4.11. The van der Waals surface area contributed by atoms with Crippen molar-refractivity contribution in [3.8, 4) is 0 Å². The predicted octanol–water partition coefficient (Wildman–Crippen LogP) is 3.73. The molecule has 3 heterocycles. The van der Waals surface area contributed by atoms with Gasteiger partial charge in [0.05, 0.1) is 18.2 Å². The van der Waals surface area contributed by atoms with Crippen LogP contribution in [0.4, 0.5) is 14.7 Å². The van der Waals surface area contributed by atoms with Crippen LogP contribution in [0.1, 0.15) is 35.5 Å². The lowest BCUT2D eigenvalue weighted by molar-refractivity contribution is -0.123. The van der Waals surface area contributed by atoms with E-state index in [4.69, 9.17) is 4.42 Å². The van der Waals surface area contributed by atoms with Crippen LogP contribution >= 0.6 is 0 Å². The number of hydrogen-bond acceptors (Lipinski definition) is 5. The highest BCUT2D eigenvalue weighted by Gasteiger charge is 2.44. The van der Waals surface area contributed by atoms with Gasteiger partial charge in [0.2, 0.25) is 5.95 Å². The highest BCUT2D eigenvalue weighted by molar-refractivity contribution is 5.88. The number of rotatable bonds is 2. The molecule has 0 fully saturated rings. The zero-order chi connectivity index (χ0) is 19.4. The second kappa shape index (κ2) is 6.12. The summed E-state index contributed by atoms with van der Waals surface area (Å²) < 4.78 is 34.8. The number of furan rings is 1. The summed E-state index contributed by atoms with van der Waals surface area (Å²) in [4.78, 5) is 17.5. The van der Waals surface area contributed by atoms with E-state index in [2.05, 4.69) is 15.4 Å². The third kappa shape index (κ3) is 2.64. The Bertz CT molecular complexity index is 1080. The minimum atomic E-state index is -0.700. The minimum absolute atomic E-state index is 0.0557. The van der Waals surface area contributed by atoms with E-state index in [-0.39, 0.29) is 18.1 Å². The first-order chi connectivity index (χ1) is 13.5. The molecule has 142 valence electrons. The van der Waals surface area contributed by atoms with Gasteiger partial charge in [0, 0.05) is 24.1 Å². The van der Waals surface area contributed by atoms with Crippen LogP contribution in [0.3, 0.4) is 0 Å². The first kappa shape index (κ1) is 16.9. The summed E-state index contributed by atoms with van der Waals surface area (Å²) in [7, 11) is 0. The van der Waals surface area contributed by atoms with Crippen molar-refractivity contribution in [3.05, 3.63) is 77.2 Å². The summed E-state index contributed by atoms with van der Waals surface area (Å²) in [5.41, 5.74) is 0.984. The molecule has 1 N–H and O–H groups in total. The molecule has 0 saturated carbocycles. The van der Waals surface area contributed by atoms with Crippen molar-refractivity contribution in [2.24, 2.45) is 5.92 Å². The minimum Gasteiger partial charge on any atom is -0.469 e. The van der Waals surface area contributed by atoms with Crippen molar-refractivity contribution in [2.75, 3.05) is 5.32 Å². The van der Waals surface area contributed by atoms with Crippen LogP contribution in [0.5, 0.6) is 0 Å². The number of halogens is 2. The molecule has 1 aliphatic carbocycles. The number of fused-ring (bicyclic) bond motifs is 2. The van der Waals surface area contributed by atoms with Gasteiger partial charge in [0.25, 0.3) is 0 Å². The molecule has 0 unspecified atom stereocenters. The molecule has 0 radical (unpaired) electrons. The molecule has 3 atom stereocenters. The van der Waals surface area contributed by atoms with E-state index >= 15 is 0 Å². The molecule has 0 bridgehead atoms. The summed E-state index contributed by atoms with van der Waals surface area (Å²) >= 11 is 0. The predicted molar refractivity (Wildman–Crippen MR) is 95.5 cm³/mol. The number of aryl methyl sites for hydroxylation is 1. The molecule has 0 saturated heterocycles. The topological polar surface area (TPSA) is 73.0 Å². The van der Waals surface area contributed by atoms with Crippen molar-refractivity contribution >= 4 is 11.7 Å². The van der Waals surface area contributed by atoms with Crippen molar-refractivity contribution in [1.82, 2.24) is 14.8 Å². The monoisotopic (exact) mass is 382 g/mol. The van der Waals surface area contributed by atoms with Crippen LogP contribution < -0.4 is 5.32 Å². The Morgan fingerprint density at radius 2 is 2.04 bits per heavy atom. The Morgan fingerprint density at radius 1 is 1.25 bits per heavy atom. The van der Waals surface area contributed by atoms with Crippen LogP contribution in [-0.2, 0) is 4.79 Å². The van der Waals surface area contributed by atoms with E-state index < -0.39 is 23.6 Å². The first-order valence-corrected chi connectivity index (χ1v) is 8.93. The van der Waals surface area contributed by atoms with Gasteiger partial charge in [0.15, 0.2) is 0 Å². The van der Waals surface area contributed by atoms with Gasteiger partial charge in [-0.25, -0.2) is 13.5 Å². The lowest BCUT2D eigenvalue weighted by Gasteiger charge is -2.37. The third-order valence-electron chi connectivity index (χ3n) is 5.19. The molecule has 2 aliphatic rings. The number of carbonyl (C=O) groups is 1. The molecule has 6 nitrogen and oxygen atoms in total. The summed E-state index contributed by atoms with van der Waals surface area (Å²) in [6.45, 7) is 1.72. The van der Waals surface area contributed by atoms with Gasteiger partial charge in [-0.05, 0) is 36.8 Å². The summed E-state index contributed by atoms with van der Waals surface area (Å²) in [6, 6.07) is 6.21. The first-order valence-electron chi connectivity index (χ1n) is 8.93. The van der Waals surface area contributed by atoms with Crippen LogP contribution in [-0.4, -0.2) is 20.5 Å². The van der Waals surface area contributed by atoms with E-state index in [1.165, 1.54) is 16.8 Å². The van der Waals surface area contributed by atoms with Crippen molar-refractivity contribution < 1.29 is 18.0 Å². The average molecular weight is 382 g/mol. The Labute approximate surface area is 158 Å². The molecule has 3 aromatic rings. The van der Waals surface area contributed by atoms with E-state index in [1.807, 2.05) is 12.1 Å². The normalized spacial score (nSPS) is 23.6. The highest BCUT2D eigenvalue weighted by Crippen LogP contribution is 2.44. The maximum atomic E-state index is 13.9. The molecular weight excluding hydrogens is 366 g/mol. The number of nitrogens with one attached hydrogen (secondary N) is 1. The maximum absolute atomic E-state index is 13.9. The number of anilines is 1. The number of ketones is 1. The van der Waals surface area contributed by atoms with E-state index in [1.54, 1.807) is 19.3 Å². The Hall–Kier alpha value is -3.29. The Kier molecular flexibility index (Phi) is 3.68. The van der Waals surface area contributed by atoms with Gasteiger partial charge in [-0.3, -0.25) is 4.79 Å². The molecule has 2 aromatic heterocycles. The van der Waals surface area contributed by atoms with E-state index in [9.17, 15) is 13.6 Å². The van der Waals surface area contributed by atoms with Gasteiger partial charge in [-0.2, -0.15) is 10.1 Å². The molecule has 1 aliphatic heterocycles. The zero-order valence-electron chi connectivity index (χ0n) is 14.9. The molecule has 0 amide bonds. The van der Waals surface area contributed by atoms with Crippen molar-refractivity contribution in [3.63, 3.8) is 0 Å². The number of benzene rings is 1. The summed E-state index contributed by atoms with van der Waals surface area (Å²) in [5, 5.41) is 7.53. The quantitative estimate of drug-likeness (QED) is 0.731. The lowest BCUT2D eigenvalue weighted by Crippen LogP contribution is -2.40. The Balaban J connectivity index is 1.67. The molecule has 5 rings (SSSR count). The van der Waals surface area contributed by atoms with Crippen LogP contribution in [0.2, 0.25) is 0 Å². The second-order valence-corrected chi connectivity index (χ2v) is 7.09. The fraction of sp³-hybridized carbons (Fsp3) is 0.250. The number of aromatic nitrogens is 3. The zero-order valence-corrected chi connectivity index (χ0v) is 14.9. The van der Waals surface area contributed by atoms with E-state index in [0.29, 0.717) is 28.8 Å². The second-order valence-electron chi connectivity index (χ2n) is 7.09. The van der Waals surface area contributed by atoms with E-state index in [0.717, 1.165) is 6.07 Å². The highest BCUT2D eigenvalue weighted by atomic mass is 19.1. The largest absolute Gasteiger partial charge is 0.469 e. The molecule has 0 spiro atoms. The number of nitrogens with zero attached hydrogens (tertiary/aromatic N) is 3. The third-order valence-corrected chi connectivity index (χ3v) is 5.19. The van der Waals surface area contributed by atoms with Crippen LogP contribution in [0.25, 0.3) is 0 Å². The van der Waals surface area contributed by atoms with Gasteiger partial charge < -0.3 is 9.73 Å². The smallest absolute Gasteiger partial charge is 0.226 e. The van der Waals surface area contributed by atoms with Gasteiger partial charge in [-0.15, -0.1) is 0 Å². The molecule has 28 heavy (non-hydrogen) atoms. The SMILES string of the molecule is Cc1nc2n(n1)[C@@H](c1cc(F)cc(F)c1)[C@@H]1C(=O)C[C@H](c3ccco3)C=C1N2.